The summed E-state index contributed by atoms with van der Waals surface area (Å²) in [4.78, 5) is 21.0. The fourth-order valence-corrected chi connectivity index (χ4v) is 3.67. The molecule has 0 aliphatic carbocycles. The summed E-state index contributed by atoms with van der Waals surface area (Å²) in [6.07, 6.45) is 2.94. The van der Waals surface area contributed by atoms with E-state index in [-0.39, 0.29) is 42.0 Å². The number of halogens is 1. The molecular formula is C23H40IN5O3. The van der Waals surface area contributed by atoms with Gasteiger partial charge in [-0.05, 0) is 51.8 Å². The fraction of sp³-hybridized carbons (Fsp3) is 0.652. The minimum absolute atomic E-state index is 0. The zero-order chi connectivity index (χ0) is 22.6. The number of hydrogen-bond donors (Lipinski definition) is 2. The number of likely N-dealkylation sites (tertiary alicyclic amines) is 1. The largest absolute Gasteiger partial charge is 0.497 e. The molecule has 1 aromatic rings. The lowest BCUT2D eigenvalue weighted by Gasteiger charge is -2.26. The Morgan fingerprint density at radius 3 is 2.75 bits per heavy atom. The molecule has 9 heteroatoms. The van der Waals surface area contributed by atoms with E-state index < -0.39 is 0 Å². The number of nitrogens with one attached hydrogen (secondary N) is 2. The maximum Gasteiger partial charge on any atom is 0.239 e. The number of methoxy groups -OCH3 is 1. The zero-order valence-corrected chi connectivity index (χ0v) is 22.4. The van der Waals surface area contributed by atoms with E-state index >= 15 is 0 Å². The highest BCUT2D eigenvalue weighted by Gasteiger charge is 2.30. The van der Waals surface area contributed by atoms with E-state index in [1.807, 2.05) is 45.3 Å². The molecule has 1 aliphatic rings. The SMILES string of the molecule is CCNC(=NCC(C)Oc1cccc(OC)c1)NCCCN1CCCC1C(=O)N(C)C.I. The van der Waals surface area contributed by atoms with Gasteiger partial charge in [-0.2, -0.15) is 0 Å². The number of hydrogen-bond acceptors (Lipinski definition) is 5. The van der Waals surface area contributed by atoms with Crippen molar-refractivity contribution in [2.75, 3.05) is 53.9 Å². The van der Waals surface area contributed by atoms with Gasteiger partial charge in [0.1, 0.15) is 17.6 Å². The lowest BCUT2D eigenvalue weighted by Crippen LogP contribution is -2.44. The zero-order valence-electron chi connectivity index (χ0n) is 20.1. The van der Waals surface area contributed by atoms with E-state index in [0.29, 0.717) is 6.54 Å². The van der Waals surface area contributed by atoms with Crippen LogP contribution in [0.2, 0.25) is 0 Å². The van der Waals surface area contributed by atoms with Crippen LogP contribution in [0.4, 0.5) is 0 Å². The van der Waals surface area contributed by atoms with Gasteiger partial charge in [0.05, 0.1) is 19.7 Å². The second kappa shape index (κ2) is 15.2. The molecule has 8 nitrogen and oxygen atoms in total. The molecule has 1 heterocycles. The minimum atomic E-state index is -0.0648. The van der Waals surface area contributed by atoms with Gasteiger partial charge in [0, 0.05) is 39.8 Å². The van der Waals surface area contributed by atoms with Crippen molar-refractivity contribution in [3.63, 3.8) is 0 Å². The number of rotatable bonds is 11. The van der Waals surface area contributed by atoms with Crippen LogP contribution in [-0.2, 0) is 4.79 Å². The van der Waals surface area contributed by atoms with Crippen molar-refractivity contribution >= 4 is 35.8 Å². The van der Waals surface area contributed by atoms with Crippen LogP contribution in [0.3, 0.4) is 0 Å². The van der Waals surface area contributed by atoms with Crippen LogP contribution in [0.1, 0.15) is 33.1 Å². The average Bonchev–Trinajstić information content (AvgIpc) is 3.22. The maximum atomic E-state index is 12.3. The van der Waals surface area contributed by atoms with Gasteiger partial charge in [0.25, 0.3) is 0 Å². The van der Waals surface area contributed by atoms with Gasteiger partial charge < -0.3 is 25.0 Å². The van der Waals surface area contributed by atoms with Gasteiger partial charge in [0.2, 0.25) is 5.91 Å². The van der Waals surface area contributed by atoms with Crippen LogP contribution in [-0.4, -0.2) is 87.7 Å². The van der Waals surface area contributed by atoms with E-state index in [0.717, 1.165) is 62.9 Å². The summed E-state index contributed by atoms with van der Waals surface area (Å²) in [7, 11) is 5.31. The number of amides is 1. The molecule has 1 amide bonds. The molecule has 1 saturated heterocycles. The predicted octanol–water partition coefficient (Wildman–Crippen LogP) is 2.58. The first-order chi connectivity index (χ1) is 14.9. The first-order valence-corrected chi connectivity index (χ1v) is 11.2. The Morgan fingerprint density at radius 1 is 1.31 bits per heavy atom. The number of carbonyl (C=O) groups excluding carboxylic acids is 1. The van der Waals surface area contributed by atoms with Crippen LogP contribution >= 0.6 is 24.0 Å². The topological polar surface area (TPSA) is 78.4 Å². The van der Waals surface area contributed by atoms with Crippen LogP contribution in [0, 0.1) is 0 Å². The highest BCUT2D eigenvalue weighted by atomic mass is 127. The van der Waals surface area contributed by atoms with E-state index in [9.17, 15) is 4.79 Å². The highest BCUT2D eigenvalue weighted by Crippen LogP contribution is 2.20. The fourth-order valence-electron chi connectivity index (χ4n) is 3.67. The third kappa shape index (κ3) is 9.40. The summed E-state index contributed by atoms with van der Waals surface area (Å²) in [5.74, 6) is 2.54. The number of aliphatic imine (C=N–C) groups is 1. The summed E-state index contributed by atoms with van der Waals surface area (Å²) in [6, 6.07) is 7.62. The van der Waals surface area contributed by atoms with Gasteiger partial charge in [-0.25, -0.2) is 4.99 Å². The van der Waals surface area contributed by atoms with E-state index in [4.69, 9.17) is 9.47 Å². The normalized spacial score (nSPS) is 17.3. The van der Waals surface area contributed by atoms with Gasteiger partial charge in [-0.15, -0.1) is 24.0 Å². The first-order valence-electron chi connectivity index (χ1n) is 11.2. The number of likely N-dealkylation sites (N-methyl/N-ethyl adjacent to an activating group) is 1. The summed E-state index contributed by atoms with van der Waals surface area (Å²) in [5, 5.41) is 6.67. The van der Waals surface area contributed by atoms with Crippen LogP contribution < -0.4 is 20.1 Å². The Hall–Kier alpha value is -1.75. The van der Waals surface area contributed by atoms with Crippen LogP contribution in [0.25, 0.3) is 0 Å². The second-order valence-electron chi connectivity index (χ2n) is 8.03. The number of ether oxygens (including phenoxy) is 2. The number of carbonyl (C=O) groups is 1. The Morgan fingerprint density at radius 2 is 2.06 bits per heavy atom. The van der Waals surface area contributed by atoms with Crippen molar-refractivity contribution in [1.29, 1.82) is 0 Å². The molecule has 32 heavy (non-hydrogen) atoms. The summed E-state index contributed by atoms with van der Waals surface area (Å²) in [6.45, 7) is 8.09. The molecule has 1 fully saturated rings. The summed E-state index contributed by atoms with van der Waals surface area (Å²) >= 11 is 0. The first kappa shape index (κ1) is 28.3. The monoisotopic (exact) mass is 561 g/mol. The van der Waals surface area contributed by atoms with Gasteiger partial charge in [-0.3, -0.25) is 9.69 Å². The predicted molar refractivity (Wildman–Crippen MR) is 140 cm³/mol. The molecule has 182 valence electrons. The lowest BCUT2D eigenvalue weighted by molar-refractivity contribution is -0.133. The van der Waals surface area contributed by atoms with Crippen molar-refractivity contribution < 1.29 is 14.3 Å². The number of guanidine groups is 1. The molecule has 2 atom stereocenters. The molecular weight excluding hydrogens is 521 g/mol. The summed E-state index contributed by atoms with van der Waals surface area (Å²) in [5.41, 5.74) is 0. The van der Waals surface area contributed by atoms with Crippen molar-refractivity contribution in [3.05, 3.63) is 24.3 Å². The molecule has 0 aromatic heterocycles. The molecule has 1 aliphatic heterocycles. The second-order valence-corrected chi connectivity index (χ2v) is 8.03. The molecule has 2 N–H and O–H groups in total. The van der Waals surface area contributed by atoms with Crippen molar-refractivity contribution in [3.8, 4) is 11.5 Å². The molecule has 2 rings (SSSR count). The minimum Gasteiger partial charge on any atom is -0.497 e. The Bertz CT molecular complexity index is 717. The van der Waals surface area contributed by atoms with Gasteiger partial charge in [-0.1, -0.05) is 6.07 Å². The smallest absolute Gasteiger partial charge is 0.239 e. The Kier molecular flexibility index (Phi) is 13.4. The van der Waals surface area contributed by atoms with Gasteiger partial charge in [0.15, 0.2) is 5.96 Å². The van der Waals surface area contributed by atoms with Crippen molar-refractivity contribution in [1.82, 2.24) is 20.4 Å². The van der Waals surface area contributed by atoms with E-state index in [1.165, 1.54) is 0 Å². The maximum absolute atomic E-state index is 12.3. The van der Waals surface area contributed by atoms with Crippen LogP contribution in [0.15, 0.2) is 29.3 Å². The van der Waals surface area contributed by atoms with Crippen molar-refractivity contribution in [2.24, 2.45) is 4.99 Å². The molecule has 0 bridgehead atoms. The quantitative estimate of drug-likeness (QED) is 0.187. The molecule has 0 spiro atoms. The molecule has 0 radical (unpaired) electrons. The van der Waals surface area contributed by atoms with Gasteiger partial charge >= 0.3 is 0 Å². The number of benzene rings is 1. The lowest BCUT2D eigenvalue weighted by atomic mass is 10.2. The summed E-state index contributed by atoms with van der Waals surface area (Å²) < 4.78 is 11.2. The Balaban J connectivity index is 0.00000512. The molecule has 0 saturated carbocycles. The van der Waals surface area contributed by atoms with E-state index in [1.54, 1.807) is 12.0 Å². The van der Waals surface area contributed by atoms with Crippen molar-refractivity contribution in [2.45, 2.75) is 45.3 Å². The Labute approximate surface area is 210 Å². The van der Waals surface area contributed by atoms with E-state index in [2.05, 4.69) is 27.4 Å². The molecule has 1 aromatic carbocycles. The molecule has 2 unspecified atom stereocenters. The average molecular weight is 562 g/mol. The highest BCUT2D eigenvalue weighted by molar-refractivity contribution is 14.0. The van der Waals surface area contributed by atoms with Crippen LogP contribution in [0.5, 0.6) is 11.5 Å². The number of nitrogens with zero attached hydrogens (tertiary/aromatic N) is 3. The standard InChI is InChI=1S/C23H39N5O3.HI/c1-6-24-23(26-17-18(2)31-20-11-7-10-19(16-20)30-5)25-13-9-15-28-14-8-12-21(28)22(29)27(3)4;/h7,10-11,16,18,21H,6,8-9,12-15,17H2,1-5H3,(H2,24,25,26);1H. The third-order valence-electron chi connectivity index (χ3n) is 5.23. The third-order valence-corrected chi connectivity index (χ3v) is 5.23.